The summed E-state index contributed by atoms with van der Waals surface area (Å²) in [6.07, 6.45) is 2.29. The van der Waals surface area contributed by atoms with Gasteiger partial charge in [0.25, 0.3) is 5.56 Å². The van der Waals surface area contributed by atoms with E-state index in [1.54, 1.807) is 6.07 Å². The second kappa shape index (κ2) is 4.06. The Kier molecular flexibility index (Phi) is 2.52. The lowest BCUT2D eigenvalue weighted by Gasteiger charge is -1.97. The third kappa shape index (κ3) is 1.57. The number of aromatic amines is 1. The van der Waals surface area contributed by atoms with Gasteiger partial charge in [0.1, 0.15) is 16.8 Å². The fraction of sp³-hybridized carbons (Fsp3) is 0.250. The largest absolute Gasteiger partial charge is 0.364 e. The number of hydrogen-bond donors (Lipinski definition) is 1. The molecule has 0 aromatic carbocycles. The molecule has 92 valence electrons. The van der Waals surface area contributed by atoms with Crippen molar-refractivity contribution in [3.8, 4) is 11.5 Å². The van der Waals surface area contributed by atoms with Gasteiger partial charge in [-0.1, -0.05) is 12.1 Å². The average Bonchev–Trinajstić information content (AvgIpc) is 2.95. The molecule has 6 heteroatoms. The monoisotopic (exact) mass is 261 g/mol. The Bertz CT molecular complexity index is 756. The summed E-state index contributed by atoms with van der Waals surface area (Å²) in [5.41, 5.74) is 1.51. The minimum atomic E-state index is -0.112. The predicted octanol–water partition coefficient (Wildman–Crippen LogP) is 2.51. The van der Waals surface area contributed by atoms with Crippen LogP contribution in [0.1, 0.15) is 17.4 Å². The van der Waals surface area contributed by atoms with E-state index in [-0.39, 0.29) is 5.56 Å². The molecule has 0 spiro atoms. The SMILES string of the molecule is CCc1c(C)sc2nc(-c3ccon3)[nH]c(=O)c12. The van der Waals surface area contributed by atoms with Gasteiger partial charge in [0.15, 0.2) is 5.82 Å². The Balaban J connectivity index is 2.33. The van der Waals surface area contributed by atoms with Crippen molar-refractivity contribution in [2.75, 3.05) is 0 Å². The van der Waals surface area contributed by atoms with E-state index in [1.807, 2.05) is 13.8 Å². The van der Waals surface area contributed by atoms with Crippen molar-refractivity contribution in [1.29, 1.82) is 0 Å². The first-order valence-electron chi connectivity index (χ1n) is 5.63. The maximum atomic E-state index is 12.1. The molecule has 3 rings (SSSR count). The van der Waals surface area contributed by atoms with Crippen LogP contribution in [0.15, 0.2) is 21.6 Å². The van der Waals surface area contributed by atoms with Crippen LogP contribution in [0.4, 0.5) is 0 Å². The van der Waals surface area contributed by atoms with E-state index in [0.717, 1.165) is 21.7 Å². The zero-order chi connectivity index (χ0) is 12.7. The molecular weight excluding hydrogens is 250 g/mol. The fourth-order valence-corrected chi connectivity index (χ4v) is 3.17. The fourth-order valence-electron chi connectivity index (χ4n) is 2.06. The zero-order valence-corrected chi connectivity index (χ0v) is 10.8. The smallest absolute Gasteiger partial charge is 0.260 e. The van der Waals surface area contributed by atoms with Gasteiger partial charge in [-0.25, -0.2) is 4.98 Å². The maximum Gasteiger partial charge on any atom is 0.260 e. The van der Waals surface area contributed by atoms with Crippen LogP contribution in [-0.4, -0.2) is 15.1 Å². The standard InChI is InChI=1S/C12H11N3O2S/c1-3-7-6(2)18-12-9(7)11(16)13-10(14-12)8-4-5-17-15-8/h4-5H,3H2,1-2H3,(H,13,14,16). The van der Waals surface area contributed by atoms with Crippen molar-refractivity contribution >= 4 is 21.6 Å². The summed E-state index contributed by atoms with van der Waals surface area (Å²) in [4.78, 5) is 21.2. The summed E-state index contributed by atoms with van der Waals surface area (Å²) >= 11 is 1.54. The molecule has 0 aliphatic rings. The van der Waals surface area contributed by atoms with Gasteiger partial charge in [0, 0.05) is 10.9 Å². The summed E-state index contributed by atoms with van der Waals surface area (Å²) < 4.78 is 4.76. The number of rotatable bonds is 2. The highest BCUT2D eigenvalue weighted by Crippen LogP contribution is 2.28. The molecule has 3 aromatic heterocycles. The van der Waals surface area contributed by atoms with Gasteiger partial charge in [-0.15, -0.1) is 11.3 Å². The molecule has 5 nitrogen and oxygen atoms in total. The lowest BCUT2D eigenvalue weighted by molar-refractivity contribution is 0.422. The molecule has 18 heavy (non-hydrogen) atoms. The minimum absolute atomic E-state index is 0.112. The van der Waals surface area contributed by atoms with E-state index in [4.69, 9.17) is 4.52 Å². The van der Waals surface area contributed by atoms with Crippen molar-refractivity contribution in [2.24, 2.45) is 0 Å². The topological polar surface area (TPSA) is 71.8 Å². The van der Waals surface area contributed by atoms with E-state index >= 15 is 0 Å². The third-order valence-corrected chi connectivity index (χ3v) is 3.94. The Labute approximate surface area is 106 Å². The molecule has 0 atom stereocenters. The van der Waals surface area contributed by atoms with Gasteiger partial charge in [-0.2, -0.15) is 0 Å². The summed E-state index contributed by atoms with van der Waals surface area (Å²) in [6, 6.07) is 1.67. The first kappa shape index (κ1) is 11.2. The average molecular weight is 261 g/mol. The third-order valence-electron chi connectivity index (χ3n) is 2.90. The highest BCUT2D eigenvalue weighted by atomic mass is 32.1. The molecule has 3 heterocycles. The van der Waals surface area contributed by atoms with Crippen molar-refractivity contribution < 1.29 is 4.52 Å². The van der Waals surface area contributed by atoms with Crippen LogP contribution in [0.2, 0.25) is 0 Å². The Morgan fingerprint density at radius 3 is 3.00 bits per heavy atom. The van der Waals surface area contributed by atoms with Crippen LogP contribution in [0, 0.1) is 6.92 Å². The Morgan fingerprint density at radius 2 is 2.33 bits per heavy atom. The van der Waals surface area contributed by atoms with Gasteiger partial charge in [-0.3, -0.25) is 4.79 Å². The van der Waals surface area contributed by atoms with Crippen molar-refractivity contribution in [1.82, 2.24) is 15.1 Å². The number of thiophene rings is 1. The molecular formula is C12H11N3O2S. The number of aryl methyl sites for hydroxylation is 2. The van der Waals surface area contributed by atoms with Gasteiger partial charge in [0.2, 0.25) is 0 Å². The van der Waals surface area contributed by atoms with Crippen LogP contribution in [-0.2, 0) is 6.42 Å². The van der Waals surface area contributed by atoms with E-state index in [1.165, 1.54) is 17.6 Å². The van der Waals surface area contributed by atoms with Gasteiger partial charge in [-0.05, 0) is 18.9 Å². The van der Waals surface area contributed by atoms with Crippen LogP contribution in [0.5, 0.6) is 0 Å². The normalized spacial score (nSPS) is 11.2. The minimum Gasteiger partial charge on any atom is -0.364 e. The quantitative estimate of drug-likeness (QED) is 0.769. The lowest BCUT2D eigenvalue weighted by atomic mass is 10.1. The van der Waals surface area contributed by atoms with E-state index in [9.17, 15) is 4.79 Å². The van der Waals surface area contributed by atoms with E-state index in [2.05, 4.69) is 15.1 Å². The number of nitrogens with one attached hydrogen (secondary N) is 1. The van der Waals surface area contributed by atoms with Gasteiger partial charge >= 0.3 is 0 Å². The van der Waals surface area contributed by atoms with E-state index in [0.29, 0.717) is 16.9 Å². The number of aromatic nitrogens is 3. The van der Waals surface area contributed by atoms with E-state index < -0.39 is 0 Å². The highest BCUT2D eigenvalue weighted by Gasteiger charge is 2.15. The molecule has 0 fully saturated rings. The summed E-state index contributed by atoms with van der Waals surface area (Å²) in [6.45, 7) is 4.06. The summed E-state index contributed by atoms with van der Waals surface area (Å²) in [5.74, 6) is 0.449. The van der Waals surface area contributed by atoms with Crippen LogP contribution in [0.25, 0.3) is 21.7 Å². The number of nitrogens with zero attached hydrogens (tertiary/aromatic N) is 2. The van der Waals surface area contributed by atoms with Crippen LogP contribution < -0.4 is 5.56 Å². The number of fused-ring (bicyclic) bond motifs is 1. The Hall–Kier alpha value is -1.95. The molecule has 0 unspecified atom stereocenters. The lowest BCUT2D eigenvalue weighted by Crippen LogP contribution is -2.09. The van der Waals surface area contributed by atoms with Gasteiger partial charge < -0.3 is 9.51 Å². The second-order valence-corrected chi connectivity index (χ2v) is 5.17. The molecule has 0 saturated heterocycles. The molecule has 0 aliphatic heterocycles. The van der Waals surface area contributed by atoms with Crippen LogP contribution in [0.3, 0.4) is 0 Å². The first-order chi connectivity index (χ1) is 8.70. The van der Waals surface area contributed by atoms with Crippen molar-refractivity contribution in [2.45, 2.75) is 20.3 Å². The first-order valence-corrected chi connectivity index (χ1v) is 6.45. The van der Waals surface area contributed by atoms with Gasteiger partial charge in [0.05, 0.1) is 5.39 Å². The predicted molar refractivity (Wildman–Crippen MR) is 69.9 cm³/mol. The molecule has 1 N–H and O–H groups in total. The Morgan fingerprint density at radius 1 is 1.50 bits per heavy atom. The maximum absolute atomic E-state index is 12.1. The molecule has 0 saturated carbocycles. The molecule has 0 aliphatic carbocycles. The number of H-pyrrole nitrogens is 1. The highest BCUT2D eigenvalue weighted by molar-refractivity contribution is 7.18. The zero-order valence-electron chi connectivity index (χ0n) is 9.98. The number of hydrogen-bond acceptors (Lipinski definition) is 5. The summed E-state index contributed by atoms with van der Waals surface area (Å²) in [5, 5.41) is 4.48. The molecule has 3 aromatic rings. The van der Waals surface area contributed by atoms with Crippen molar-refractivity contribution in [3.63, 3.8) is 0 Å². The molecule has 0 amide bonds. The van der Waals surface area contributed by atoms with Crippen molar-refractivity contribution in [3.05, 3.63) is 33.1 Å². The summed E-state index contributed by atoms with van der Waals surface area (Å²) in [7, 11) is 0. The second-order valence-electron chi connectivity index (χ2n) is 3.97. The van der Waals surface area contributed by atoms with Crippen LogP contribution >= 0.6 is 11.3 Å². The molecule has 0 radical (unpaired) electrons. The molecule has 0 bridgehead atoms.